The third-order valence-corrected chi connectivity index (χ3v) is 6.00. The van der Waals surface area contributed by atoms with Gasteiger partial charge in [-0.05, 0) is 32.0 Å². The van der Waals surface area contributed by atoms with Crippen molar-refractivity contribution in [3.63, 3.8) is 0 Å². The molecular weight excluding hydrogens is 507 g/mol. The van der Waals surface area contributed by atoms with Crippen molar-refractivity contribution in [3.05, 3.63) is 100 Å². The van der Waals surface area contributed by atoms with Crippen molar-refractivity contribution in [2.45, 2.75) is 13.8 Å². The number of methoxy groups -OCH3 is 1. The molecule has 0 saturated carbocycles. The van der Waals surface area contributed by atoms with Gasteiger partial charge in [-0.2, -0.15) is 0 Å². The van der Waals surface area contributed by atoms with Crippen molar-refractivity contribution in [3.8, 4) is 22.9 Å². The van der Waals surface area contributed by atoms with Crippen LogP contribution in [0.5, 0.6) is 17.2 Å². The minimum Gasteiger partial charge on any atom is -0.495 e. The van der Waals surface area contributed by atoms with Crippen LogP contribution in [0.2, 0.25) is 0 Å². The van der Waals surface area contributed by atoms with Crippen LogP contribution in [0.3, 0.4) is 0 Å². The molecule has 11 heteroatoms. The zero-order valence-electron chi connectivity index (χ0n) is 21.0. The molecule has 5 rings (SSSR count). The summed E-state index contributed by atoms with van der Waals surface area (Å²) in [5.41, 5.74) is 0.930. The van der Waals surface area contributed by atoms with Crippen LogP contribution >= 0.6 is 0 Å². The van der Waals surface area contributed by atoms with Gasteiger partial charge in [0.05, 0.1) is 30.8 Å². The number of Topliss-reactive ketones (excluding diaryl/α,β-unsaturated/α-hetero) is 1. The number of aromatic nitrogens is 3. The van der Waals surface area contributed by atoms with Gasteiger partial charge in [-0.1, -0.05) is 0 Å². The average Bonchev–Trinajstić information content (AvgIpc) is 3.44. The molecule has 0 aliphatic carbocycles. The van der Waals surface area contributed by atoms with E-state index >= 15 is 4.39 Å². The van der Waals surface area contributed by atoms with Gasteiger partial charge in [0.2, 0.25) is 0 Å². The number of anilines is 1. The van der Waals surface area contributed by atoms with E-state index in [1.165, 1.54) is 67.8 Å². The van der Waals surface area contributed by atoms with E-state index in [9.17, 15) is 14.4 Å². The van der Waals surface area contributed by atoms with Gasteiger partial charge in [-0.25, -0.2) is 9.37 Å². The summed E-state index contributed by atoms with van der Waals surface area (Å²) in [6.45, 7) is 2.93. The minimum absolute atomic E-state index is 0.0755. The fraction of sp³-hybridized carbons (Fsp3) is 0.107. The number of carbonyl (C=O) groups excluding carboxylic acids is 2. The molecule has 0 bridgehead atoms. The lowest BCUT2D eigenvalue weighted by Gasteiger charge is -2.14. The van der Waals surface area contributed by atoms with Crippen molar-refractivity contribution < 1.29 is 27.9 Å². The van der Waals surface area contributed by atoms with Crippen molar-refractivity contribution >= 4 is 28.4 Å². The Labute approximate surface area is 220 Å². The third kappa shape index (κ3) is 4.85. The number of nitrogens with one attached hydrogen (secondary N) is 1. The van der Waals surface area contributed by atoms with Crippen molar-refractivity contribution in [2.75, 3.05) is 12.4 Å². The maximum atomic E-state index is 15.0. The molecular formula is C28H21FN4O6. The Hall–Kier alpha value is -5.32. The number of ether oxygens (including phenoxy) is 2. The molecule has 0 unspecified atom stereocenters. The largest absolute Gasteiger partial charge is 0.495 e. The normalized spacial score (nSPS) is 10.9. The number of pyridine rings is 3. The molecule has 10 nitrogen and oxygen atoms in total. The van der Waals surface area contributed by atoms with Gasteiger partial charge >= 0.3 is 0 Å². The van der Waals surface area contributed by atoms with Gasteiger partial charge in [-0.3, -0.25) is 23.9 Å². The quantitative estimate of drug-likeness (QED) is 0.290. The zero-order valence-corrected chi connectivity index (χ0v) is 21.0. The molecule has 1 amide bonds. The number of hydrogen-bond acceptors (Lipinski definition) is 8. The van der Waals surface area contributed by atoms with Gasteiger partial charge in [0.1, 0.15) is 23.1 Å². The molecule has 0 radical (unpaired) electrons. The van der Waals surface area contributed by atoms with E-state index in [1.54, 1.807) is 19.1 Å². The number of rotatable bonds is 7. The summed E-state index contributed by atoms with van der Waals surface area (Å²) < 4.78 is 32.2. The predicted octanol–water partition coefficient (Wildman–Crippen LogP) is 5.08. The smallest absolute Gasteiger partial charge is 0.268 e. The van der Waals surface area contributed by atoms with Crippen LogP contribution in [0.4, 0.5) is 10.1 Å². The summed E-state index contributed by atoms with van der Waals surface area (Å²) in [6, 6.07) is 9.80. The monoisotopic (exact) mass is 528 g/mol. The van der Waals surface area contributed by atoms with E-state index < -0.39 is 17.3 Å². The summed E-state index contributed by atoms with van der Waals surface area (Å²) >= 11 is 0. The van der Waals surface area contributed by atoms with E-state index in [-0.39, 0.29) is 34.1 Å². The van der Waals surface area contributed by atoms with Gasteiger partial charge in [-0.15, -0.1) is 0 Å². The lowest BCUT2D eigenvalue weighted by Crippen LogP contribution is -2.31. The van der Waals surface area contributed by atoms with Crippen LogP contribution in [-0.4, -0.2) is 33.3 Å². The molecule has 39 heavy (non-hydrogen) atoms. The number of amides is 1. The van der Waals surface area contributed by atoms with Crippen LogP contribution in [0.25, 0.3) is 16.7 Å². The summed E-state index contributed by atoms with van der Waals surface area (Å²) in [4.78, 5) is 47.0. The molecule has 1 N–H and O–H groups in total. The Morgan fingerprint density at radius 3 is 2.56 bits per heavy atom. The van der Waals surface area contributed by atoms with Crippen LogP contribution in [0, 0.1) is 12.7 Å². The molecule has 0 saturated heterocycles. The molecule has 196 valence electrons. The number of ketones is 1. The highest BCUT2D eigenvalue weighted by atomic mass is 19.1. The lowest BCUT2D eigenvalue weighted by molar-refractivity contribution is 0.101. The number of fused-ring (bicyclic) bond motifs is 1. The zero-order chi connectivity index (χ0) is 27.7. The summed E-state index contributed by atoms with van der Waals surface area (Å²) in [6.07, 6.45) is 5.69. The van der Waals surface area contributed by atoms with Crippen molar-refractivity contribution in [2.24, 2.45) is 0 Å². The highest BCUT2D eigenvalue weighted by Crippen LogP contribution is 2.31. The number of carbonyl (C=O) groups is 2. The molecule has 0 aliphatic rings. The number of halogens is 1. The first-order valence-electron chi connectivity index (χ1n) is 11.6. The fourth-order valence-corrected chi connectivity index (χ4v) is 4.08. The van der Waals surface area contributed by atoms with Gasteiger partial charge < -0.3 is 19.2 Å². The van der Waals surface area contributed by atoms with Crippen molar-refractivity contribution in [1.29, 1.82) is 0 Å². The highest BCUT2D eigenvalue weighted by Gasteiger charge is 2.21. The fourth-order valence-electron chi connectivity index (χ4n) is 4.08. The number of benzene rings is 1. The first kappa shape index (κ1) is 25.3. The van der Waals surface area contributed by atoms with Crippen LogP contribution in [-0.2, 0) is 0 Å². The second-order valence-corrected chi connectivity index (χ2v) is 8.49. The standard InChI is InChI=1S/C28H21FN4O6/c1-15-20(16(2)34)12-21(28(36)33(15)18-7-9-38-14-18)27(35)32-17-4-5-24(22(29)10-17)39-25-6-8-30-23-11-19(37-3)13-31-26(23)25/h4-14H,1-3H3,(H,32,35). The maximum Gasteiger partial charge on any atom is 0.268 e. The second-order valence-electron chi connectivity index (χ2n) is 8.49. The predicted molar refractivity (Wildman–Crippen MR) is 140 cm³/mol. The first-order chi connectivity index (χ1) is 18.8. The minimum atomic E-state index is -0.814. The third-order valence-electron chi connectivity index (χ3n) is 6.00. The number of nitrogens with zero attached hydrogens (tertiary/aromatic N) is 3. The Bertz CT molecular complexity index is 1800. The van der Waals surface area contributed by atoms with E-state index in [2.05, 4.69) is 15.3 Å². The lowest BCUT2D eigenvalue weighted by atomic mass is 10.1. The Balaban J connectivity index is 1.43. The Kier molecular flexibility index (Phi) is 6.63. The van der Waals surface area contributed by atoms with E-state index in [4.69, 9.17) is 13.9 Å². The van der Waals surface area contributed by atoms with Crippen LogP contribution in [0.1, 0.15) is 33.3 Å². The summed E-state index contributed by atoms with van der Waals surface area (Å²) in [7, 11) is 1.51. The molecule has 1 aromatic carbocycles. The van der Waals surface area contributed by atoms with Crippen LogP contribution in [0.15, 0.2) is 76.6 Å². The van der Waals surface area contributed by atoms with E-state index in [0.29, 0.717) is 28.2 Å². The molecule has 0 fully saturated rings. The molecule has 4 aromatic heterocycles. The van der Waals surface area contributed by atoms with Gasteiger partial charge in [0, 0.05) is 47.4 Å². The molecule has 0 atom stereocenters. The number of furan rings is 1. The molecule has 4 heterocycles. The molecule has 0 aliphatic heterocycles. The highest BCUT2D eigenvalue weighted by molar-refractivity contribution is 6.06. The second kappa shape index (κ2) is 10.2. The van der Waals surface area contributed by atoms with E-state index in [0.717, 1.165) is 6.07 Å². The maximum absolute atomic E-state index is 15.0. The summed E-state index contributed by atoms with van der Waals surface area (Å²) in [5, 5.41) is 2.51. The number of hydrogen-bond donors (Lipinski definition) is 1. The summed E-state index contributed by atoms with van der Waals surface area (Å²) in [5.74, 6) is -1.24. The Morgan fingerprint density at radius 1 is 1.05 bits per heavy atom. The molecule has 5 aromatic rings. The van der Waals surface area contributed by atoms with E-state index in [1.807, 2.05) is 0 Å². The van der Waals surface area contributed by atoms with Gasteiger partial charge in [0.15, 0.2) is 23.1 Å². The Morgan fingerprint density at radius 2 is 1.87 bits per heavy atom. The topological polar surface area (TPSA) is 126 Å². The van der Waals surface area contributed by atoms with Crippen molar-refractivity contribution in [1.82, 2.24) is 14.5 Å². The van der Waals surface area contributed by atoms with Crippen LogP contribution < -0.4 is 20.3 Å². The van der Waals surface area contributed by atoms with Gasteiger partial charge in [0.25, 0.3) is 11.5 Å². The average molecular weight is 528 g/mol. The SMILES string of the molecule is COc1cnc2c(Oc3ccc(NC(=O)c4cc(C(C)=O)c(C)n(-c5ccoc5)c4=O)cc3F)ccnc2c1. The molecule has 0 spiro atoms. The first-order valence-corrected chi connectivity index (χ1v) is 11.6.